The molecule has 1 aromatic heterocycles. The summed E-state index contributed by atoms with van der Waals surface area (Å²) < 4.78 is 29.8. The van der Waals surface area contributed by atoms with E-state index < -0.39 is 35.8 Å². The van der Waals surface area contributed by atoms with E-state index in [4.69, 9.17) is 0 Å². The van der Waals surface area contributed by atoms with Gasteiger partial charge in [-0.1, -0.05) is 0 Å². The normalized spacial score (nSPS) is 10.6. The van der Waals surface area contributed by atoms with Crippen molar-refractivity contribution in [2.75, 3.05) is 6.61 Å². The van der Waals surface area contributed by atoms with E-state index in [-0.39, 0.29) is 12.2 Å². The molecular formula is C10H11F2NO4. The number of halogens is 2. The molecule has 0 amide bonds. The van der Waals surface area contributed by atoms with Crippen molar-refractivity contribution in [1.29, 1.82) is 0 Å². The number of esters is 1. The second-order valence-electron chi connectivity index (χ2n) is 3.20. The van der Waals surface area contributed by atoms with Gasteiger partial charge in [0.1, 0.15) is 0 Å². The second kappa shape index (κ2) is 5.42. The van der Waals surface area contributed by atoms with Crippen LogP contribution in [0.25, 0.3) is 0 Å². The number of carbonyl (C=O) groups is 1. The van der Waals surface area contributed by atoms with Gasteiger partial charge in [0, 0.05) is 6.07 Å². The van der Waals surface area contributed by atoms with Crippen molar-refractivity contribution in [2.24, 2.45) is 0 Å². The summed E-state index contributed by atoms with van der Waals surface area (Å²) in [5.74, 6) is -1.66. The van der Waals surface area contributed by atoms with Gasteiger partial charge in [0.25, 0.3) is 12.0 Å². The zero-order chi connectivity index (χ0) is 13.0. The zero-order valence-electron chi connectivity index (χ0n) is 9.00. The summed E-state index contributed by atoms with van der Waals surface area (Å²) in [7, 11) is 0. The number of hydrogen-bond acceptors (Lipinski definition) is 4. The number of carbonyl (C=O) groups excluding carboxylic acids is 1. The van der Waals surface area contributed by atoms with Crippen molar-refractivity contribution in [3.8, 4) is 5.88 Å². The monoisotopic (exact) mass is 247 g/mol. The molecule has 17 heavy (non-hydrogen) atoms. The predicted octanol–water partition coefficient (Wildman–Crippen LogP) is 1.12. The zero-order valence-corrected chi connectivity index (χ0v) is 9.00. The molecule has 5 nitrogen and oxygen atoms in total. The smallest absolute Gasteiger partial charge is 0.310 e. The van der Waals surface area contributed by atoms with Crippen molar-refractivity contribution in [3.63, 3.8) is 0 Å². The highest BCUT2D eigenvalue weighted by Gasteiger charge is 2.21. The Labute approximate surface area is 95.0 Å². The number of hydrogen-bond donors (Lipinski definition) is 2. The van der Waals surface area contributed by atoms with Gasteiger partial charge >= 0.3 is 5.97 Å². The number of aromatic hydroxyl groups is 1. The van der Waals surface area contributed by atoms with Gasteiger partial charge in [0.2, 0.25) is 5.88 Å². The Morgan fingerprint density at radius 1 is 1.59 bits per heavy atom. The number of H-pyrrole nitrogens is 1. The number of alkyl halides is 2. The summed E-state index contributed by atoms with van der Waals surface area (Å²) in [6, 6.07) is 0.845. The molecule has 0 atom stereocenters. The molecule has 0 saturated heterocycles. The van der Waals surface area contributed by atoms with E-state index in [0.29, 0.717) is 0 Å². The van der Waals surface area contributed by atoms with Crippen LogP contribution in [0.5, 0.6) is 5.88 Å². The molecule has 0 unspecified atom stereocenters. The first kappa shape index (κ1) is 13.1. The summed E-state index contributed by atoms with van der Waals surface area (Å²) in [4.78, 5) is 24.0. The van der Waals surface area contributed by atoms with Crippen LogP contribution in [0.4, 0.5) is 8.78 Å². The molecule has 0 radical (unpaired) electrons. The highest BCUT2D eigenvalue weighted by molar-refractivity contribution is 5.73. The van der Waals surface area contributed by atoms with Crippen LogP contribution < -0.4 is 5.56 Å². The van der Waals surface area contributed by atoms with Gasteiger partial charge in [0.05, 0.1) is 18.6 Å². The molecule has 0 aliphatic heterocycles. The highest BCUT2D eigenvalue weighted by atomic mass is 19.3. The lowest BCUT2D eigenvalue weighted by Gasteiger charge is -2.09. The average molecular weight is 247 g/mol. The lowest BCUT2D eigenvalue weighted by atomic mass is 10.1. The first-order valence-corrected chi connectivity index (χ1v) is 4.84. The Hall–Kier alpha value is -1.92. The van der Waals surface area contributed by atoms with Crippen LogP contribution in [0.1, 0.15) is 24.5 Å². The van der Waals surface area contributed by atoms with E-state index in [1.54, 1.807) is 6.92 Å². The topological polar surface area (TPSA) is 79.4 Å². The third-order valence-corrected chi connectivity index (χ3v) is 2.01. The molecule has 0 aromatic carbocycles. The van der Waals surface area contributed by atoms with Crippen molar-refractivity contribution in [3.05, 3.63) is 27.5 Å². The van der Waals surface area contributed by atoms with Gasteiger partial charge in [-0.3, -0.25) is 14.6 Å². The van der Waals surface area contributed by atoms with Gasteiger partial charge < -0.3 is 9.84 Å². The van der Waals surface area contributed by atoms with Crippen LogP contribution in [0.2, 0.25) is 0 Å². The van der Waals surface area contributed by atoms with Gasteiger partial charge in [-0.2, -0.15) is 0 Å². The van der Waals surface area contributed by atoms with Gasteiger partial charge in [-0.05, 0) is 12.5 Å². The molecule has 0 spiro atoms. The van der Waals surface area contributed by atoms with E-state index in [0.717, 1.165) is 6.07 Å². The Bertz CT molecular complexity index is 470. The summed E-state index contributed by atoms with van der Waals surface area (Å²) in [6.07, 6.45) is -3.47. The number of pyridine rings is 1. The SMILES string of the molecule is CCOC(=O)Cc1cc(=O)[nH]c(O)c1C(F)F. The minimum atomic E-state index is -2.99. The maximum atomic E-state index is 12.6. The van der Waals surface area contributed by atoms with Crippen LogP contribution in [0, 0.1) is 0 Å². The molecule has 0 aliphatic carbocycles. The van der Waals surface area contributed by atoms with Crippen LogP contribution in [-0.2, 0) is 16.0 Å². The van der Waals surface area contributed by atoms with Crippen molar-refractivity contribution < 1.29 is 23.4 Å². The molecular weight excluding hydrogens is 236 g/mol. The summed E-state index contributed by atoms with van der Waals surface area (Å²) in [5, 5.41) is 9.20. The average Bonchev–Trinajstić information content (AvgIpc) is 2.15. The van der Waals surface area contributed by atoms with Crippen molar-refractivity contribution in [2.45, 2.75) is 19.8 Å². The third kappa shape index (κ3) is 3.27. The lowest BCUT2D eigenvalue weighted by Crippen LogP contribution is -2.14. The Morgan fingerprint density at radius 2 is 2.24 bits per heavy atom. The fourth-order valence-corrected chi connectivity index (χ4v) is 1.37. The first-order valence-electron chi connectivity index (χ1n) is 4.84. The van der Waals surface area contributed by atoms with E-state index in [9.17, 15) is 23.5 Å². The molecule has 7 heteroatoms. The standard InChI is InChI=1S/C10H11F2NO4/c1-2-17-7(15)4-5-3-6(14)13-10(16)8(5)9(11)12/h3,9H,2,4H2,1H3,(H2,13,14,16). The second-order valence-corrected chi connectivity index (χ2v) is 3.20. The molecule has 94 valence electrons. The minimum absolute atomic E-state index is 0.109. The summed E-state index contributed by atoms with van der Waals surface area (Å²) >= 11 is 0. The number of nitrogens with one attached hydrogen (secondary N) is 1. The number of rotatable bonds is 4. The number of aromatic nitrogens is 1. The van der Waals surface area contributed by atoms with Crippen LogP contribution >= 0.6 is 0 Å². The molecule has 1 heterocycles. The van der Waals surface area contributed by atoms with Crippen LogP contribution in [-0.4, -0.2) is 22.7 Å². The summed E-state index contributed by atoms with van der Waals surface area (Å²) in [6.45, 7) is 1.68. The molecule has 0 fully saturated rings. The first-order chi connectivity index (χ1) is 7.95. The summed E-state index contributed by atoms with van der Waals surface area (Å²) in [5.41, 5.74) is -1.75. The van der Waals surface area contributed by atoms with Crippen LogP contribution in [0.15, 0.2) is 10.9 Å². The van der Waals surface area contributed by atoms with E-state index >= 15 is 0 Å². The maximum Gasteiger partial charge on any atom is 0.310 e. The fraction of sp³-hybridized carbons (Fsp3) is 0.400. The Balaban J connectivity index is 3.12. The fourth-order valence-electron chi connectivity index (χ4n) is 1.37. The van der Waals surface area contributed by atoms with E-state index in [1.807, 2.05) is 4.98 Å². The Kier molecular flexibility index (Phi) is 4.19. The Morgan fingerprint density at radius 3 is 2.76 bits per heavy atom. The van der Waals surface area contributed by atoms with Gasteiger partial charge in [-0.15, -0.1) is 0 Å². The third-order valence-electron chi connectivity index (χ3n) is 2.01. The lowest BCUT2D eigenvalue weighted by molar-refractivity contribution is -0.142. The van der Waals surface area contributed by atoms with E-state index in [2.05, 4.69) is 4.74 Å². The minimum Gasteiger partial charge on any atom is -0.494 e. The molecule has 1 aromatic rings. The molecule has 0 saturated carbocycles. The molecule has 1 rings (SSSR count). The van der Waals surface area contributed by atoms with Crippen molar-refractivity contribution in [1.82, 2.24) is 4.98 Å². The van der Waals surface area contributed by atoms with Gasteiger partial charge in [-0.25, -0.2) is 8.78 Å². The van der Waals surface area contributed by atoms with E-state index in [1.165, 1.54) is 0 Å². The molecule has 0 aliphatic rings. The molecule has 0 bridgehead atoms. The van der Waals surface area contributed by atoms with Crippen LogP contribution in [0.3, 0.4) is 0 Å². The largest absolute Gasteiger partial charge is 0.494 e. The van der Waals surface area contributed by atoms with Gasteiger partial charge in [0.15, 0.2) is 0 Å². The number of aromatic amines is 1. The quantitative estimate of drug-likeness (QED) is 0.781. The number of ether oxygens (including phenoxy) is 1. The maximum absolute atomic E-state index is 12.6. The van der Waals surface area contributed by atoms with Crippen molar-refractivity contribution >= 4 is 5.97 Å². The molecule has 2 N–H and O–H groups in total. The highest BCUT2D eigenvalue weighted by Crippen LogP contribution is 2.28. The predicted molar refractivity (Wildman–Crippen MR) is 54.0 cm³/mol.